The summed E-state index contributed by atoms with van der Waals surface area (Å²) < 4.78 is 0. The summed E-state index contributed by atoms with van der Waals surface area (Å²) in [5.74, 6) is -0.00733. The second-order valence-corrected chi connectivity index (χ2v) is 10.5. The van der Waals surface area contributed by atoms with Crippen molar-refractivity contribution in [3.8, 4) is 0 Å². The molecule has 7 atom stereocenters. The van der Waals surface area contributed by atoms with E-state index in [4.69, 9.17) is 0 Å². The van der Waals surface area contributed by atoms with Crippen LogP contribution < -0.4 is 10.6 Å². The molecule has 4 fully saturated rings. The minimum atomic E-state index is -0.883. The molecule has 7 nitrogen and oxygen atoms in total. The number of fused-ring (bicyclic) bond motifs is 9. The average molecular weight is 436 g/mol. The third kappa shape index (κ3) is 2.62. The first-order valence-electron chi connectivity index (χ1n) is 12.6. The summed E-state index contributed by atoms with van der Waals surface area (Å²) >= 11 is 0. The van der Waals surface area contributed by atoms with E-state index in [1.165, 1.54) is 38.5 Å². The molecule has 6 aliphatic rings. The monoisotopic (exact) mass is 435 g/mol. The maximum Gasteiger partial charge on any atom is 0.274 e. The third-order valence-corrected chi connectivity index (χ3v) is 8.82. The van der Waals surface area contributed by atoms with Gasteiger partial charge in [0.15, 0.2) is 6.23 Å². The van der Waals surface area contributed by atoms with Gasteiger partial charge in [-0.05, 0) is 31.2 Å². The Bertz CT molecular complexity index is 951. The van der Waals surface area contributed by atoms with Gasteiger partial charge in [0.2, 0.25) is 0 Å². The van der Waals surface area contributed by atoms with Gasteiger partial charge in [-0.2, -0.15) is 0 Å². The van der Waals surface area contributed by atoms with E-state index < -0.39 is 6.23 Å². The molecule has 0 spiro atoms. The summed E-state index contributed by atoms with van der Waals surface area (Å²) in [6, 6.07) is 11.6. The van der Waals surface area contributed by atoms with Crippen LogP contribution in [0.5, 0.6) is 0 Å². The van der Waals surface area contributed by atoms with E-state index >= 15 is 0 Å². The van der Waals surface area contributed by atoms with Crippen molar-refractivity contribution < 1.29 is 9.90 Å². The molecule has 4 aliphatic heterocycles. The molecule has 1 aromatic carbocycles. The van der Waals surface area contributed by atoms with Crippen LogP contribution in [0.3, 0.4) is 0 Å². The highest BCUT2D eigenvalue weighted by molar-refractivity contribution is 5.97. The lowest BCUT2D eigenvalue weighted by atomic mass is 9.89. The number of hydrogen-bond donors (Lipinski definition) is 3. The van der Waals surface area contributed by atoms with Crippen molar-refractivity contribution in [2.45, 2.75) is 101 Å². The van der Waals surface area contributed by atoms with Crippen molar-refractivity contribution >= 4 is 5.91 Å². The van der Waals surface area contributed by atoms with Crippen molar-refractivity contribution in [3.05, 3.63) is 47.3 Å². The first-order valence-corrected chi connectivity index (χ1v) is 12.6. The Hall–Kier alpha value is -2.09. The molecule has 170 valence electrons. The molecule has 4 heterocycles. The maximum absolute atomic E-state index is 13.9. The van der Waals surface area contributed by atoms with Crippen LogP contribution in [0.1, 0.15) is 56.9 Å². The molecular formula is C25H33N5O2. The first kappa shape index (κ1) is 19.4. The van der Waals surface area contributed by atoms with E-state index in [2.05, 4.69) is 20.4 Å². The predicted octanol–water partition coefficient (Wildman–Crippen LogP) is 1.66. The molecule has 3 N–H and O–H groups in total. The summed E-state index contributed by atoms with van der Waals surface area (Å²) in [5, 5.41) is 19.5. The van der Waals surface area contributed by atoms with Crippen LogP contribution in [0, 0.1) is 0 Å². The van der Waals surface area contributed by atoms with Crippen LogP contribution in [0.15, 0.2) is 41.7 Å². The molecule has 1 aromatic rings. The fraction of sp³-hybridized carbons (Fsp3) is 0.640. The van der Waals surface area contributed by atoms with Crippen molar-refractivity contribution in [2.24, 2.45) is 0 Å². The summed E-state index contributed by atoms with van der Waals surface area (Å²) in [7, 11) is 0. The van der Waals surface area contributed by atoms with E-state index in [0.717, 1.165) is 29.8 Å². The summed E-state index contributed by atoms with van der Waals surface area (Å²) in [5.41, 5.74) is 2.68. The zero-order valence-corrected chi connectivity index (χ0v) is 18.5. The topological polar surface area (TPSA) is 71.1 Å². The van der Waals surface area contributed by atoms with Gasteiger partial charge < -0.3 is 19.8 Å². The number of aliphatic hydroxyl groups excluding tert-OH is 1. The molecule has 0 radical (unpaired) electrons. The molecule has 2 saturated heterocycles. The smallest absolute Gasteiger partial charge is 0.274 e. The number of benzene rings is 1. The van der Waals surface area contributed by atoms with Crippen LogP contribution in [0.25, 0.3) is 0 Å². The third-order valence-electron chi connectivity index (χ3n) is 8.82. The number of nitrogens with zero attached hydrogens (tertiary/aromatic N) is 3. The van der Waals surface area contributed by atoms with Crippen LogP contribution in [0.2, 0.25) is 0 Å². The number of nitrogens with one attached hydrogen (secondary N) is 2. The number of aliphatic hydroxyl groups is 1. The van der Waals surface area contributed by atoms with Crippen molar-refractivity contribution in [1.82, 2.24) is 25.3 Å². The highest BCUT2D eigenvalue weighted by atomic mass is 16.3. The van der Waals surface area contributed by atoms with E-state index in [1.54, 1.807) is 4.90 Å². The maximum atomic E-state index is 13.9. The second-order valence-electron chi connectivity index (χ2n) is 10.5. The molecule has 7 unspecified atom stereocenters. The Morgan fingerprint density at radius 1 is 0.844 bits per heavy atom. The van der Waals surface area contributed by atoms with Gasteiger partial charge in [0.25, 0.3) is 5.91 Å². The summed E-state index contributed by atoms with van der Waals surface area (Å²) in [6.45, 7) is 0.438. The Balaban J connectivity index is 1.31. The lowest BCUT2D eigenvalue weighted by Gasteiger charge is -2.46. The Morgan fingerprint density at radius 3 is 2.12 bits per heavy atom. The van der Waals surface area contributed by atoms with Gasteiger partial charge in [-0.15, -0.1) is 0 Å². The molecule has 7 rings (SSSR count). The minimum Gasteiger partial charge on any atom is -0.368 e. The van der Waals surface area contributed by atoms with E-state index in [1.807, 2.05) is 30.3 Å². The number of hydrogen-bond acceptors (Lipinski definition) is 6. The van der Waals surface area contributed by atoms with Gasteiger partial charge in [0.1, 0.15) is 18.0 Å². The zero-order valence-electron chi connectivity index (χ0n) is 18.5. The lowest BCUT2D eigenvalue weighted by Crippen LogP contribution is -2.61. The minimum absolute atomic E-state index is 0.00733. The molecule has 2 aliphatic carbocycles. The normalized spacial score (nSPS) is 40.2. The predicted molar refractivity (Wildman–Crippen MR) is 120 cm³/mol. The Labute approximate surface area is 189 Å². The quantitative estimate of drug-likeness (QED) is 0.656. The lowest BCUT2D eigenvalue weighted by molar-refractivity contribution is -0.134. The highest BCUT2D eigenvalue weighted by Crippen LogP contribution is 2.48. The van der Waals surface area contributed by atoms with E-state index in [9.17, 15) is 9.90 Å². The molecule has 32 heavy (non-hydrogen) atoms. The number of carbonyl (C=O) groups excluding carboxylic acids is 1. The van der Waals surface area contributed by atoms with Crippen LogP contribution in [-0.4, -0.2) is 68.4 Å². The van der Waals surface area contributed by atoms with Gasteiger partial charge >= 0.3 is 0 Å². The van der Waals surface area contributed by atoms with Crippen molar-refractivity contribution in [2.75, 3.05) is 0 Å². The van der Waals surface area contributed by atoms with Gasteiger partial charge in [0.05, 0.1) is 5.70 Å². The van der Waals surface area contributed by atoms with E-state index in [0.29, 0.717) is 30.7 Å². The largest absolute Gasteiger partial charge is 0.368 e. The fourth-order valence-electron chi connectivity index (χ4n) is 7.47. The van der Waals surface area contributed by atoms with Gasteiger partial charge in [-0.3, -0.25) is 15.4 Å². The number of carbonyl (C=O) groups is 1. The molecule has 1 amide bonds. The van der Waals surface area contributed by atoms with Gasteiger partial charge in [-0.25, -0.2) is 0 Å². The average Bonchev–Trinajstić information content (AvgIpc) is 3.46. The second kappa shape index (κ2) is 7.20. The molecule has 7 heteroatoms. The number of amides is 1. The molecule has 0 aromatic heterocycles. The fourth-order valence-corrected chi connectivity index (χ4v) is 7.47. The molecular weight excluding hydrogens is 402 g/mol. The number of rotatable bonds is 2. The Morgan fingerprint density at radius 2 is 1.44 bits per heavy atom. The SMILES string of the molecule is O=C1C2=C(C(O)N1Cc1ccccc1)N1C3CCCCC3NC1C1NC3CCCCC3N21. The van der Waals surface area contributed by atoms with Crippen LogP contribution >= 0.6 is 0 Å². The van der Waals surface area contributed by atoms with Gasteiger partial charge in [-0.1, -0.05) is 56.0 Å². The zero-order chi connectivity index (χ0) is 21.4. The first-order chi connectivity index (χ1) is 15.7. The molecule has 0 bridgehead atoms. The standard InChI is InChI=1S/C25H33N5O2/c31-24-20-21(25(32)28(24)14-15-8-2-1-3-9-15)30-19-13-7-5-11-17(19)27-23(30)22-26-16-10-4-6-12-18(16)29(20)22/h1-3,8-9,16-19,22-24,26-27,31H,4-7,10-14H2. The molecule has 2 saturated carbocycles. The Kier molecular flexibility index (Phi) is 4.36. The highest BCUT2D eigenvalue weighted by Gasteiger charge is 2.61. The van der Waals surface area contributed by atoms with Crippen LogP contribution in [0.4, 0.5) is 0 Å². The summed E-state index contributed by atoms with van der Waals surface area (Å²) in [6.07, 6.45) is 8.88. The summed E-state index contributed by atoms with van der Waals surface area (Å²) in [4.78, 5) is 20.4. The van der Waals surface area contributed by atoms with Crippen LogP contribution in [-0.2, 0) is 11.3 Å². The van der Waals surface area contributed by atoms with E-state index in [-0.39, 0.29) is 18.2 Å². The van der Waals surface area contributed by atoms with Crippen molar-refractivity contribution in [1.29, 1.82) is 0 Å². The van der Waals surface area contributed by atoms with Crippen molar-refractivity contribution in [3.63, 3.8) is 0 Å². The van der Waals surface area contributed by atoms with Gasteiger partial charge in [0, 0.05) is 30.7 Å².